The molecule has 0 saturated heterocycles. The molecule has 0 radical (unpaired) electrons. The van der Waals surface area contributed by atoms with E-state index in [0.29, 0.717) is 6.04 Å². The second-order valence-corrected chi connectivity index (χ2v) is 7.30. The number of nitrogens with one attached hydrogen (secondary N) is 1. The Balaban J connectivity index is 1.57. The highest BCUT2D eigenvalue weighted by atomic mass is 79.9. The van der Waals surface area contributed by atoms with Crippen molar-refractivity contribution < 1.29 is 4.79 Å². The van der Waals surface area contributed by atoms with Gasteiger partial charge in [0.05, 0.1) is 0 Å². The van der Waals surface area contributed by atoms with Gasteiger partial charge in [-0.15, -0.1) is 0 Å². The van der Waals surface area contributed by atoms with Crippen molar-refractivity contribution in [2.45, 2.75) is 31.7 Å². The van der Waals surface area contributed by atoms with Gasteiger partial charge in [0.15, 0.2) is 0 Å². The number of halogens is 1. The highest BCUT2D eigenvalue weighted by molar-refractivity contribution is 9.10. The molecular weight excluding hydrogens is 326 g/mol. The predicted molar refractivity (Wildman–Crippen MR) is 88.4 cm³/mol. The summed E-state index contributed by atoms with van der Waals surface area (Å²) in [7, 11) is 0. The third-order valence-electron chi connectivity index (χ3n) is 4.62. The van der Waals surface area contributed by atoms with Gasteiger partial charge in [0.2, 0.25) is 0 Å². The average Bonchev–Trinajstić information content (AvgIpc) is 3.37. The molecular formula is C18H18BrNO. The molecule has 4 rings (SSSR count). The van der Waals surface area contributed by atoms with Crippen LogP contribution in [-0.4, -0.2) is 11.9 Å². The van der Waals surface area contributed by atoms with Gasteiger partial charge < -0.3 is 5.32 Å². The van der Waals surface area contributed by atoms with Crippen LogP contribution in [0.25, 0.3) is 10.8 Å². The van der Waals surface area contributed by atoms with Crippen molar-refractivity contribution in [2.75, 3.05) is 0 Å². The lowest BCUT2D eigenvalue weighted by Gasteiger charge is -2.17. The summed E-state index contributed by atoms with van der Waals surface area (Å²) in [5.74, 6) is 1.55. The van der Waals surface area contributed by atoms with Crippen LogP contribution < -0.4 is 5.32 Å². The number of rotatable bonds is 4. The molecule has 2 aromatic rings. The summed E-state index contributed by atoms with van der Waals surface area (Å²) in [6.07, 6.45) is 5.14. The molecule has 2 aromatic carbocycles. The fourth-order valence-electron chi connectivity index (χ4n) is 3.12. The first-order valence-electron chi connectivity index (χ1n) is 7.71. The standard InChI is InChI=1S/C18H18BrNO/c19-16-8-7-13-9-15(6-5-14(13)10-16)18(21)20-17(11-1-2-11)12-3-4-12/h5-12,17H,1-4H2,(H,20,21). The number of hydrogen-bond acceptors (Lipinski definition) is 1. The van der Waals surface area contributed by atoms with E-state index in [9.17, 15) is 4.79 Å². The lowest BCUT2D eigenvalue weighted by atomic mass is 10.0. The summed E-state index contributed by atoms with van der Waals surface area (Å²) < 4.78 is 1.06. The monoisotopic (exact) mass is 343 g/mol. The molecule has 2 aliphatic rings. The van der Waals surface area contributed by atoms with Crippen LogP contribution in [0.15, 0.2) is 40.9 Å². The first kappa shape index (κ1) is 13.3. The Morgan fingerprint density at radius 2 is 1.62 bits per heavy atom. The molecule has 0 aromatic heterocycles. The summed E-state index contributed by atoms with van der Waals surface area (Å²) in [5, 5.41) is 5.55. The van der Waals surface area contributed by atoms with E-state index in [1.165, 1.54) is 25.7 Å². The second-order valence-electron chi connectivity index (χ2n) is 6.38. The maximum atomic E-state index is 12.5. The number of fused-ring (bicyclic) bond motifs is 1. The van der Waals surface area contributed by atoms with E-state index in [0.717, 1.165) is 32.6 Å². The average molecular weight is 344 g/mol. The molecule has 0 aliphatic heterocycles. The van der Waals surface area contributed by atoms with E-state index in [4.69, 9.17) is 0 Å². The first-order valence-corrected chi connectivity index (χ1v) is 8.50. The van der Waals surface area contributed by atoms with Crippen molar-refractivity contribution in [3.8, 4) is 0 Å². The Labute approximate surface area is 133 Å². The lowest BCUT2D eigenvalue weighted by Crippen LogP contribution is -2.38. The van der Waals surface area contributed by atoms with Crippen LogP contribution in [0.1, 0.15) is 36.0 Å². The van der Waals surface area contributed by atoms with E-state index < -0.39 is 0 Å². The minimum atomic E-state index is 0.0867. The molecule has 0 heterocycles. The van der Waals surface area contributed by atoms with Crippen molar-refractivity contribution in [3.63, 3.8) is 0 Å². The normalized spacial score (nSPS) is 18.2. The van der Waals surface area contributed by atoms with E-state index in [2.05, 4.69) is 33.4 Å². The molecule has 2 nitrogen and oxygen atoms in total. The van der Waals surface area contributed by atoms with Gasteiger partial charge in [0.25, 0.3) is 5.91 Å². The van der Waals surface area contributed by atoms with Gasteiger partial charge in [-0.05, 0) is 72.6 Å². The Bertz CT molecular complexity index is 691. The highest BCUT2D eigenvalue weighted by Crippen LogP contribution is 2.44. The van der Waals surface area contributed by atoms with Gasteiger partial charge in [-0.2, -0.15) is 0 Å². The number of carbonyl (C=O) groups is 1. The molecule has 0 spiro atoms. The number of benzene rings is 2. The van der Waals surface area contributed by atoms with Crippen LogP contribution in [0, 0.1) is 11.8 Å². The zero-order chi connectivity index (χ0) is 14.4. The fraction of sp³-hybridized carbons (Fsp3) is 0.389. The van der Waals surface area contributed by atoms with Crippen LogP contribution in [0.2, 0.25) is 0 Å². The highest BCUT2D eigenvalue weighted by Gasteiger charge is 2.42. The summed E-state index contributed by atoms with van der Waals surface area (Å²) in [6, 6.07) is 12.5. The molecule has 3 heteroatoms. The van der Waals surface area contributed by atoms with Gasteiger partial charge in [-0.1, -0.05) is 28.1 Å². The largest absolute Gasteiger partial charge is 0.349 e. The molecule has 21 heavy (non-hydrogen) atoms. The SMILES string of the molecule is O=C(NC(C1CC1)C1CC1)c1ccc2cc(Br)ccc2c1. The molecule has 2 aliphatic carbocycles. The maximum absolute atomic E-state index is 12.5. The Hall–Kier alpha value is -1.35. The first-order chi connectivity index (χ1) is 10.2. The summed E-state index contributed by atoms with van der Waals surface area (Å²) in [4.78, 5) is 12.5. The molecule has 0 bridgehead atoms. The van der Waals surface area contributed by atoms with Crippen LogP contribution in [0.3, 0.4) is 0 Å². The van der Waals surface area contributed by atoms with Crippen molar-refractivity contribution in [1.82, 2.24) is 5.32 Å². The molecule has 0 atom stereocenters. The lowest BCUT2D eigenvalue weighted by molar-refractivity contribution is 0.0926. The van der Waals surface area contributed by atoms with Gasteiger partial charge in [0.1, 0.15) is 0 Å². The van der Waals surface area contributed by atoms with Gasteiger partial charge >= 0.3 is 0 Å². The molecule has 108 valence electrons. The number of carbonyl (C=O) groups excluding carboxylic acids is 1. The minimum Gasteiger partial charge on any atom is -0.349 e. The smallest absolute Gasteiger partial charge is 0.251 e. The van der Waals surface area contributed by atoms with Crippen LogP contribution in [0.4, 0.5) is 0 Å². The third kappa shape index (κ3) is 2.84. The van der Waals surface area contributed by atoms with Crippen molar-refractivity contribution in [1.29, 1.82) is 0 Å². The topological polar surface area (TPSA) is 29.1 Å². The molecule has 2 fully saturated rings. The van der Waals surface area contributed by atoms with E-state index in [-0.39, 0.29) is 5.91 Å². The molecule has 2 saturated carbocycles. The van der Waals surface area contributed by atoms with Gasteiger partial charge in [-0.3, -0.25) is 4.79 Å². The summed E-state index contributed by atoms with van der Waals surface area (Å²) in [5.41, 5.74) is 0.774. The van der Waals surface area contributed by atoms with E-state index >= 15 is 0 Å². The zero-order valence-corrected chi connectivity index (χ0v) is 13.4. The fourth-order valence-corrected chi connectivity index (χ4v) is 3.50. The number of hydrogen-bond donors (Lipinski definition) is 1. The van der Waals surface area contributed by atoms with Gasteiger partial charge in [-0.25, -0.2) is 0 Å². The summed E-state index contributed by atoms with van der Waals surface area (Å²) in [6.45, 7) is 0. The van der Waals surface area contributed by atoms with Crippen molar-refractivity contribution >= 4 is 32.6 Å². The van der Waals surface area contributed by atoms with Crippen LogP contribution in [-0.2, 0) is 0 Å². The van der Waals surface area contributed by atoms with E-state index in [1.807, 2.05) is 24.3 Å². The van der Waals surface area contributed by atoms with E-state index in [1.54, 1.807) is 0 Å². The second kappa shape index (κ2) is 5.13. The Kier molecular flexibility index (Phi) is 3.26. The van der Waals surface area contributed by atoms with Crippen molar-refractivity contribution in [2.24, 2.45) is 11.8 Å². The van der Waals surface area contributed by atoms with Crippen LogP contribution in [0.5, 0.6) is 0 Å². The molecule has 1 amide bonds. The van der Waals surface area contributed by atoms with Gasteiger partial charge in [0, 0.05) is 16.1 Å². The maximum Gasteiger partial charge on any atom is 0.251 e. The summed E-state index contributed by atoms with van der Waals surface area (Å²) >= 11 is 3.48. The Morgan fingerprint density at radius 1 is 1.00 bits per heavy atom. The quantitative estimate of drug-likeness (QED) is 0.868. The third-order valence-corrected chi connectivity index (χ3v) is 5.12. The molecule has 0 unspecified atom stereocenters. The van der Waals surface area contributed by atoms with Crippen molar-refractivity contribution in [3.05, 3.63) is 46.4 Å². The number of amides is 1. The van der Waals surface area contributed by atoms with Crippen LogP contribution >= 0.6 is 15.9 Å². The zero-order valence-electron chi connectivity index (χ0n) is 11.8. The minimum absolute atomic E-state index is 0.0867. The molecule has 1 N–H and O–H groups in total. The predicted octanol–water partition coefficient (Wildman–Crippen LogP) is 4.52. The Morgan fingerprint density at radius 3 is 2.29 bits per heavy atom.